The van der Waals surface area contributed by atoms with Crippen molar-refractivity contribution in [2.24, 2.45) is 0 Å². The van der Waals surface area contributed by atoms with Gasteiger partial charge in [0.25, 0.3) is 5.91 Å². The van der Waals surface area contributed by atoms with Gasteiger partial charge >= 0.3 is 5.97 Å². The zero-order valence-corrected chi connectivity index (χ0v) is 17.1. The molecule has 0 fully saturated rings. The van der Waals surface area contributed by atoms with Gasteiger partial charge in [-0.2, -0.15) is 0 Å². The number of nitrogens with one attached hydrogen (secondary N) is 1. The highest BCUT2D eigenvalue weighted by Gasteiger charge is 2.29. The number of rotatable bonds is 5. The Morgan fingerprint density at radius 1 is 0.968 bits per heavy atom. The van der Waals surface area contributed by atoms with Gasteiger partial charge < -0.3 is 15.0 Å². The lowest BCUT2D eigenvalue weighted by atomic mass is 9.94. The van der Waals surface area contributed by atoms with Crippen LogP contribution in [0.2, 0.25) is 0 Å². The van der Waals surface area contributed by atoms with E-state index < -0.39 is 24.5 Å². The predicted octanol–water partition coefficient (Wildman–Crippen LogP) is 4.29. The maximum Gasteiger partial charge on any atom is 0.308 e. The van der Waals surface area contributed by atoms with Gasteiger partial charge in [0.2, 0.25) is 5.91 Å². The third kappa shape index (κ3) is 4.48. The van der Waals surface area contributed by atoms with E-state index in [1.54, 1.807) is 12.3 Å². The minimum atomic E-state index is -0.547. The van der Waals surface area contributed by atoms with Gasteiger partial charge in [0.15, 0.2) is 6.61 Å². The van der Waals surface area contributed by atoms with E-state index in [1.807, 2.05) is 66.7 Å². The topological polar surface area (TPSA) is 75.7 Å². The van der Waals surface area contributed by atoms with Gasteiger partial charge in [0.05, 0.1) is 12.5 Å². The molecular formula is C25H22N2O4. The Bertz CT molecular complexity index is 1180. The largest absolute Gasteiger partial charge is 0.455 e. The van der Waals surface area contributed by atoms with Gasteiger partial charge in [-0.15, -0.1) is 0 Å². The van der Waals surface area contributed by atoms with Crippen molar-refractivity contribution in [3.8, 4) is 0 Å². The maximum absolute atomic E-state index is 12.5. The summed E-state index contributed by atoms with van der Waals surface area (Å²) in [6.07, 6.45) is 3.48. The molecule has 3 aromatic rings. The van der Waals surface area contributed by atoms with Crippen LogP contribution in [0.1, 0.15) is 30.5 Å². The van der Waals surface area contributed by atoms with Gasteiger partial charge in [-0.3, -0.25) is 14.4 Å². The molecule has 0 spiro atoms. The van der Waals surface area contributed by atoms with E-state index in [0.29, 0.717) is 5.69 Å². The molecule has 2 amide bonds. The first kappa shape index (κ1) is 20.3. The second kappa shape index (κ2) is 8.83. The Morgan fingerprint density at radius 3 is 2.55 bits per heavy atom. The first-order valence-electron chi connectivity index (χ1n) is 10.0. The maximum atomic E-state index is 12.5. The van der Waals surface area contributed by atoms with Crippen LogP contribution in [0.4, 0.5) is 5.69 Å². The number of hydrogen-bond donors (Lipinski definition) is 1. The molecule has 3 aromatic carbocycles. The van der Waals surface area contributed by atoms with Crippen molar-refractivity contribution >= 4 is 40.3 Å². The summed E-state index contributed by atoms with van der Waals surface area (Å²) in [5, 5.41) is 4.71. The van der Waals surface area contributed by atoms with Gasteiger partial charge in [-0.1, -0.05) is 60.7 Å². The summed E-state index contributed by atoms with van der Waals surface area (Å²) >= 11 is 0. The summed E-state index contributed by atoms with van der Waals surface area (Å²) in [5.74, 6) is -1.14. The second-order valence-electron chi connectivity index (χ2n) is 7.33. The molecule has 1 aliphatic rings. The molecule has 1 N–H and O–H groups in total. The van der Waals surface area contributed by atoms with E-state index in [9.17, 15) is 14.4 Å². The molecule has 0 aliphatic carbocycles. The standard InChI is InChI=1S/C25H22N2O4/c1-17(28)27-14-13-19-8-3-5-11-21(19)23(27)15-25(30)31-16-24(29)26-22-12-6-9-18-7-2-4-10-20(18)22/h2-14,23H,15-16H2,1H3,(H,26,29)/t23-/m0/s1. The second-order valence-corrected chi connectivity index (χ2v) is 7.33. The van der Waals surface area contributed by atoms with E-state index in [0.717, 1.165) is 21.9 Å². The molecule has 0 radical (unpaired) electrons. The molecule has 0 saturated heterocycles. The van der Waals surface area contributed by atoms with Crippen molar-refractivity contribution in [2.75, 3.05) is 11.9 Å². The van der Waals surface area contributed by atoms with Gasteiger partial charge in [0.1, 0.15) is 0 Å². The van der Waals surface area contributed by atoms with Crippen LogP contribution in [0.5, 0.6) is 0 Å². The summed E-state index contributed by atoms with van der Waals surface area (Å²) in [5.41, 5.74) is 2.48. The quantitative estimate of drug-likeness (QED) is 0.632. The minimum Gasteiger partial charge on any atom is -0.455 e. The number of fused-ring (bicyclic) bond motifs is 2. The first-order chi connectivity index (χ1) is 15.0. The Hall–Kier alpha value is -3.93. The molecule has 0 bridgehead atoms. The number of ether oxygens (including phenoxy) is 1. The highest BCUT2D eigenvalue weighted by atomic mass is 16.5. The van der Waals surface area contributed by atoms with Gasteiger partial charge in [-0.05, 0) is 28.7 Å². The van der Waals surface area contributed by atoms with E-state index >= 15 is 0 Å². The Kier molecular flexibility index (Phi) is 5.80. The lowest BCUT2D eigenvalue weighted by molar-refractivity contribution is -0.149. The normalized spacial score (nSPS) is 14.7. The minimum absolute atomic E-state index is 0.0392. The fourth-order valence-electron chi connectivity index (χ4n) is 3.80. The van der Waals surface area contributed by atoms with Crippen LogP contribution in [-0.4, -0.2) is 29.3 Å². The fraction of sp³-hybridized carbons (Fsp3) is 0.160. The fourth-order valence-corrected chi connectivity index (χ4v) is 3.80. The van der Waals surface area contributed by atoms with Crippen LogP contribution in [0.15, 0.2) is 72.9 Å². The van der Waals surface area contributed by atoms with Gasteiger partial charge in [-0.25, -0.2) is 0 Å². The van der Waals surface area contributed by atoms with Crippen LogP contribution in [0.25, 0.3) is 16.8 Å². The summed E-state index contributed by atoms with van der Waals surface area (Å²) < 4.78 is 5.22. The summed E-state index contributed by atoms with van der Waals surface area (Å²) in [6, 6.07) is 20.4. The molecule has 0 unspecified atom stereocenters. The number of esters is 1. The molecule has 0 saturated carbocycles. The van der Waals surface area contributed by atoms with E-state index in [-0.39, 0.29) is 12.3 Å². The number of amides is 2. The molecular weight excluding hydrogens is 392 g/mol. The van der Waals surface area contributed by atoms with Crippen LogP contribution in [0, 0.1) is 0 Å². The predicted molar refractivity (Wildman–Crippen MR) is 119 cm³/mol. The molecule has 6 nitrogen and oxygen atoms in total. The summed E-state index contributed by atoms with van der Waals surface area (Å²) in [6.45, 7) is 1.06. The third-order valence-corrected chi connectivity index (χ3v) is 5.26. The number of hydrogen-bond acceptors (Lipinski definition) is 4. The zero-order valence-electron chi connectivity index (χ0n) is 17.1. The zero-order chi connectivity index (χ0) is 21.8. The van der Waals surface area contributed by atoms with Crippen LogP contribution in [-0.2, 0) is 19.1 Å². The monoisotopic (exact) mass is 414 g/mol. The molecule has 6 heteroatoms. The first-order valence-corrected chi connectivity index (χ1v) is 10.0. The highest BCUT2D eigenvalue weighted by Crippen LogP contribution is 2.33. The van der Waals surface area contributed by atoms with Crippen LogP contribution >= 0.6 is 0 Å². The van der Waals surface area contributed by atoms with Crippen molar-refractivity contribution < 1.29 is 19.1 Å². The van der Waals surface area contributed by atoms with Crippen molar-refractivity contribution in [3.63, 3.8) is 0 Å². The van der Waals surface area contributed by atoms with Crippen molar-refractivity contribution in [3.05, 3.63) is 84.1 Å². The van der Waals surface area contributed by atoms with Gasteiger partial charge in [0, 0.05) is 24.2 Å². The van der Waals surface area contributed by atoms with E-state index in [2.05, 4.69) is 5.32 Å². The van der Waals surface area contributed by atoms with Crippen molar-refractivity contribution in [1.29, 1.82) is 0 Å². The highest BCUT2D eigenvalue weighted by molar-refractivity contribution is 6.02. The summed E-state index contributed by atoms with van der Waals surface area (Å²) in [4.78, 5) is 38.4. The Balaban J connectivity index is 1.40. The number of carbonyl (C=O) groups excluding carboxylic acids is 3. The molecule has 0 aromatic heterocycles. The van der Waals surface area contributed by atoms with Crippen molar-refractivity contribution in [2.45, 2.75) is 19.4 Å². The molecule has 1 atom stereocenters. The molecule has 1 aliphatic heterocycles. The van der Waals surface area contributed by atoms with Crippen LogP contribution in [0.3, 0.4) is 0 Å². The number of nitrogens with zero attached hydrogens (tertiary/aromatic N) is 1. The lowest BCUT2D eigenvalue weighted by Crippen LogP contribution is -2.33. The number of benzene rings is 3. The smallest absolute Gasteiger partial charge is 0.308 e. The SMILES string of the molecule is CC(=O)N1C=Cc2ccccc2[C@@H]1CC(=O)OCC(=O)Nc1cccc2ccccc12. The average molecular weight is 414 g/mol. The third-order valence-electron chi connectivity index (χ3n) is 5.26. The van der Waals surface area contributed by atoms with E-state index in [1.165, 1.54) is 11.8 Å². The average Bonchev–Trinajstić information content (AvgIpc) is 2.78. The molecule has 31 heavy (non-hydrogen) atoms. The lowest BCUT2D eigenvalue weighted by Gasteiger charge is -2.32. The van der Waals surface area contributed by atoms with Crippen molar-refractivity contribution in [1.82, 2.24) is 4.90 Å². The Morgan fingerprint density at radius 2 is 1.71 bits per heavy atom. The summed E-state index contributed by atoms with van der Waals surface area (Å²) in [7, 11) is 0. The van der Waals surface area contributed by atoms with Crippen LogP contribution < -0.4 is 5.32 Å². The van der Waals surface area contributed by atoms with E-state index in [4.69, 9.17) is 4.74 Å². The Labute approximate surface area is 180 Å². The number of anilines is 1. The molecule has 1 heterocycles. The molecule has 4 rings (SSSR count). The number of carbonyl (C=O) groups is 3. The molecule has 156 valence electrons.